The molecule has 2 aromatic rings. The van der Waals surface area contributed by atoms with E-state index in [-0.39, 0.29) is 11.5 Å². The Balaban J connectivity index is 1.35. The summed E-state index contributed by atoms with van der Waals surface area (Å²) < 4.78 is 0. The molecule has 3 atom stereocenters. The number of aliphatic hydroxyl groups is 1. The molecule has 1 saturated carbocycles. The number of phenolic OH excluding ortho intramolecular Hbond substituents is 1. The van der Waals surface area contributed by atoms with Crippen LogP contribution < -0.4 is 0 Å². The average Bonchev–Trinajstić information content (AvgIpc) is 3.08. The number of Topliss-reactive ketones (excluding diaryl/α,β-unsaturated/α-hetero) is 1. The molecule has 2 N–H and O–H groups in total. The SMILES string of the molecule is Cc1cc(C)cc(CC2(O)CC3CN(CC(=O)c4ccc(O)cc4)C[C@@H]3C2)c1. The van der Waals surface area contributed by atoms with Crippen LogP contribution in [0.4, 0.5) is 0 Å². The first-order chi connectivity index (χ1) is 13.3. The number of benzene rings is 2. The minimum atomic E-state index is -0.622. The lowest BCUT2D eigenvalue weighted by atomic mass is 9.90. The van der Waals surface area contributed by atoms with E-state index in [1.165, 1.54) is 16.7 Å². The summed E-state index contributed by atoms with van der Waals surface area (Å²) in [5.41, 5.74) is 3.73. The van der Waals surface area contributed by atoms with Crippen molar-refractivity contribution >= 4 is 5.78 Å². The van der Waals surface area contributed by atoms with E-state index in [9.17, 15) is 15.0 Å². The molecule has 1 heterocycles. The molecule has 4 rings (SSSR count). The van der Waals surface area contributed by atoms with Crippen molar-refractivity contribution in [2.75, 3.05) is 19.6 Å². The van der Waals surface area contributed by atoms with Gasteiger partial charge in [-0.05, 0) is 68.4 Å². The van der Waals surface area contributed by atoms with Crippen LogP contribution in [0.3, 0.4) is 0 Å². The van der Waals surface area contributed by atoms with Crippen LogP contribution in [0.25, 0.3) is 0 Å². The highest BCUT2D eigenvalue weighted by atomic mass is 16.3. The van der Waals surface area contributed by atoms with Crippen molar-refractivity contribution in [1.82, 2.24) is 4.90 Å². The van der Waals surface area contributed by atoms with Crippen molar-refractivity contribution in [1.29, 1.82) is 0 Å². The zero-order chi connectivity index (χ0) is 19.9. The molecule has 0 bridgehead atoms. The minimum absolute atomic E-state index is 0.0884. The van der Waals surface area contributed by atoms with E-state index in [0.29, 0.717) is 23.9 Å². The van der Waals surface area contributed by atoms with E-state index in [0.717, 1.165) is 32.4 Å². The summed E-state index contributed by atoms with van der Waals surface area (Å²) in [5, 5.41) is 20.6. The van der Waals surface area contributed by atoms with E-state index >= 15 is 0 Å². The number of phenols is 1. The Morgan fingerprint density at radius 2 is 1.61 bits per heavy atom. The van der Waals surface area contributed by atoms with Gasteiger partial charge in [-0.3, -0.25) is 9.69 Å². The predicted octanol–water partition coefficient (Wildman–Crippen LogP) is 3.51. The van der Waals surface area contributed by atoms with Crippen LogP contribution in [0.1, 0.15) is 39.9 Å². The second kappa shape index (κ2) is 7.34. The van der Waals surface area contributed by atoms with Gasteiger partial charge in [0.2, 0.25) is 0 Å². The molecule has 0 aromatic heterocycles. The maximum absolute atomic E-state index is 12.5. The summed E-state index contributed by atoms with van der Waals surface area (Å²) in [6, 6.07) is 13.0. The van der Waals surface area contributed by atoms with Crippen LogP contribution in [-0.4, -0.2) is 46.1 Å². The highest BCUT2D eigenvalue weighted by Crippen LogP contribution is 2.45. The van der Waals surface area contributed by atoms with Crippen molar-refractivity contribution < 1.29 is 15.0 Å². The molecule has 4 heteroatoms. The predicted molar refractivity (Wildman–Crippen MR) is 110 cm³/mol. The Hall–Kier alpha value is -2.17. The van der Waals surface area contributed by atoms with Gasteiger partial charge in [0, 0.05) is 25.1 Å². The molecule has 2 fully saturated rings. The Bertz CT molecular complexity index is 840. The van der Waals surface area contributed by atoms with Gasteiger partial charge >= 0.3 is 0 Å². The van der Waals surface area contributed by atoms with E-state index in [1.807, 2.05) is 0 Å². The first kappa shape index (κ1) is 19.2. The number of ketones is 1. The van der Waals surface area contributed by atoms with Crippen LogP contribution in [0, 0.1) is 25.7 Å². The topological polar surface area (TPSA) is 60.8 Å². The third-order valence-electron chi connectivity index (χ3n) is 6.31. The number of hydrogen-bond acceptors (Lipinski definition) is 4. The van der Waals surface area contributed by atoms with Crippen molar-refractivity contribution in [2.45, 2.75) is 38.7 Å². The number of fused-ring (bicyclic) bond motifs is 1. The molecular weight excluding hydrogens is 350 g/mol. The van der Waals surface area contributed by atoms with Gasteiger partial charge in [0.05, 0.1) is 12.1 Å². The quantitative estimate of drug-likeness (QED) is 0.781. The number of rotatable bonds is 5. The second-order valence-corrected chi connectivity index (χ2v) is 8.99. The highest BCUT2D eigenvalue weighted by Gasteiger charge is 2.48. The average molecular weight is 380 g/mol. The molecule has 2 unspecified atom stereocenters. The van der Waals surface area contributed by atoms with Crippen LogP contribution in [-0.2, 0) is 6.42 Å². The summed E-state index contributed by atoms with van der Waals surface area (Å²) in [7, 11) is 0. The maximum atomic E-state index is 12.5. The van der Waals surface area contributed by atoms with Gasteiger partial charge in [0.25, 0.3) is 0 Å². The molecule has 148 valence electrons. The van der Waals surface area contributed by atoms with Crippen LogP contribution >= 0.6 is 0 Å². The molecule has 0 amide bonds. The molecule has 0 spiro atoms. The Labute approximate surface area is 166 Å². The summed E-state index contributed by atoms with van der Waals surface area (Å²) in [5.74, 6) is 1.19. The van der Waals surface area contributed by atoms with E-state index in [2.05, 4.69) is 36.9 Å². The molecule has 1 saturated heterocycles. The summed E-state index contributed by atoms with van der Waals surface area (Å²) in [6.45, 7) is 6.38. The summed E-state index contributed by atoms with van der Waals surface area (Å²) in [6.07, 6.45) is 2.35. The number of nitrogens with zero attached hydrogens (tertiary/aromatic N) is 1. The lowest BCUT2D eigenvalue weighted by molar-refractivity contribution is 0.0355. The Morgan fingerprint density at radius 3 is 2.18 bits per heavy atom. The van der Waals surface area contributed by atoms with Gasteiger partial charge in [-0.1, -0.05) is 29.3 Å². The monoisotopic (exact) mass is 379 g/mol. The maximum Gasteiger partial charge on any atom is 0.176 e. The Kier molecular flexibility index (Phi) is 5.02. The molecule has 0 radical (unpaired) electrons. The van der Waals surface area contributed by atoms with Crippen molar-refractivity contribution in [2.24, 2.45) is 11.8 Å². The molecule has 1 aliphatic heterocycles. The van der Waals surface area contributed by atoms with Crippen LogP contribution in [0.2, 0.25) is 0 Å². The number of carbonyl (C=O) groups excluding carboxylic acids is 1. The van der Waals surface area contributed by atoms with Gasteiger partial charge < -0.3 is 10.2 Å². The summed E-state index contributed by atoms with van der Waals surface area (Å²) >= 11 is 0. The first-order valence-corrected chi connectivity index (χ1v) is 10.1. The first-order valence-electron chi connectivity index (χ1n) is 10.1. The van der Waals surface area contributed by atoms with Gasteiger partial charge in [0.15, 0.2) is 5.78 Å². The largest absolute Gasteiger partial charge is 0.508 e. The number of aromatic hydroxyl groups is 1. The van der Waals surface area contributed by atoms with E-state index in [1.54, 1.807) is 24.3 Å². The van der Waals surface area contributed by atoms with Crippen molar-refractivity contribution in [3.63, 3.8) is 0 Å². The number of hydrogen-bond donors (Lipinski definition) is 2. The summed E-state index contributed by atoms with van der Waals surface area (Å²) in [4.78, 5) is 14.7. The Morgan fingerprint density at radius 1 is 1.04 bits per heavy atom. The smallest absolute Gasteiger partial charge is 0.176 e. The van der Waals surface area contributed by atoms with E-state index in [4.69, 9.17) is 0 Å². The second-order valence-electron chi connectivity index (χ2n) is 8.99. The van der Waals surface area contributed by atoms with Gasteiger partial charge in [-0.15, -0.1) is 0 Å². The molecule has 2 aliphatic rings. The highest BCUT2D eigenvalue weighted by molar-refractivity contribution is 5.97. The fourth-order valence-corrected chi connectivity index (χ4v) is 5.32. The molecule has 1 aliphatic carbocycles. The van der Waals surface area contributed by atoms with Crippen LogP contribution in [0.5, 0.6) is 5.75 Å². The number of likely N-dealkylation sites (tertiary alicyclic amines) is 1. The lowest BCUT2D eigenvalue weighted by Gasteiger charge is -2.26. The van der Waals surface area contributed by atoms with Gasteiger partial charge in [-0.2, -0.15) is 0 Å². The number of aryl methyl sites for hydroxylation is 2. The molecule has 4 nitrogen and oxygen atoms in total. The standard InChI is InChI=1S/C24H29NO3/c1-16-7-17(2)9-18(8-16)10-24(28)11-20-13-25(14-21(20)12-24)15-23(27)19-3-5-22(26)6-4-19/h3-9,20-21,26,28H,10-15H2,1-2H3/t20-,21?,24?/m0/s1. The zero-order valence-electron chi connectivity index (χ0n) is 16.7. The van der Waals surface area contributed by atoms with Gasteiger partial charge in [-0.25, -0.2) is 0 Å². The zero-order valence-corrected chi connectivity index (χ0v) is 16.7. The molecular formula is C24H29NO3. The number of carbonyl (C=O) groups is 1. The fraction of sp³-hybridized carbons (Fsp3) is 0.458. The van der Waals surface area contributed by atoms with Crippen molar-refractivity contribution in [3.05, 3.63) is 64.7 Å². The third kappa shape index (κ3) is 4.13. The normalized spacial score (nSPS) is 27.1. The molecule has 2 aromatic carbocycles. The molecule has 28 heavy (non-hydrogen) atoms. The third-order valence-corrected chi connectivity index (χ3v) is 6.31. The fourth-order valence-electron chi connectivity index (χ4n) is 5.32. The van der Waals surface area contributed by atoms with E-state index < -0.39 is 5.60 Å². The minimum Gasteiger partial charge on any atom is -0.508 e. The van der Waals surface area contributed by atoms with Crippen LogP contribution in [0.15, 0.2) is 42.5 Å². The van der Waals surface area contributed by atoms with Gasteiger partial charge in [0.1, 0.15) is 5.75 Å². The van der Waals surface area contributed by atoms with Crippen molar-refractivity contribution in [3.8, 4) is 5.75 Å². The lowest BCUT2D eigenvalue weighted by Crippen LogP contribution is -2.34.